The lowest BCUT2D eigenvalue weighted by Gasteiger charge is -2.11. The molecule has 32 heavy (non-hydrogen) atoms. The van der Waals surface area contributed by atoms with Crippen LogP contribution in [0.2, 0.25) is 0 Å². The molecule has 0 radical (unpaired) electrons. The van der Waals surface area contributed by atoms with Crippen molar-refractivity contribution < 1.29 is 14.3 Å². The number of fused-ring (bicyclic) bond motifs is 1. The maximum atomic E-state index is 13.1. The number of amides is 1. The van der Waals surface area contributed by atoms with Crippen LogP contribution in [0.1, 0.15) is 42.7 Å². The van der Waals surface area contributed by atoms with Gasteiger partial charge in [-0.3, -0.25) is 9.59 Å². The van der Waals surface area contributed by atoms with Crippen LogP contribution in [0, 0.1) is 0 Å². The van der Waals surface area contributed by atoms with E-state index in [9.17, 15) is 9.59 Å². The van der Waals surface area contributed by atoms with Crippen molar-refractivity contribution in [3.63, 3.8) is 0 Å². The van der Waals surface area contributed by atoms with Crippen LogP contribution in [0.5, 0.6) is 5.75 Å². The monoisotopic (exact) mass is 429 g/mol. The highest BCUT2D eigenvalue weighted by Gasteiger charge is 2.18. The zero-order chi connectivity index (χ0) is 22.5. The molecule has 162 valence electrons. The number of nitrogens with zero attached hydrogens (tertiary/aromatic N) is 4. The molecule has 1 N–H and O–H groups in total. The Morgan fingerprint density at radius 3 is 2.53 bits per heavy atom. The van der Waals surface area contributed by atoms with Crippen molar-refractivity contribution in [2.45, 2.75) is 33.1 Å². The predicted molar refractivity (Wildman–Crippen MR) is 121 cm³/mol. The van der Waals surface area contributed by atoms with Crippen molar-refractivity contribution in [1.82, 2.24) is 19.6 Å². The number of para-hydroxylation sites is 1. The molecule has 1 amide bonds. The van der Waals surface area contributed by atoms with Crippen LogP contribution in [-0.2, 0) is 11.2 Å². The summed E-state index contributed by atoms with van der Waals surface area (Å²) in [5.74, 6) is 0.633. The maximum Gasteiger partial charge on any atom is 0.308 e. The first kappa shape index (κ1) is 21.2. The van der Waals surface area contributed by atoms with Gasteiger partial charge in [0.25, 0.3) is 11.7 Å². The van der Waals surface area contributed by atoms with Crippen LogP contribution in [0.4, 0.5) is 5.82 Å². The molecule has 0 bridgehead atoms. The summed E-state index contributed by atoms with van der Waals surface area (Å²) in [6.07, 6.45) is 2.74. The van der Waals surface area contributed by atoms with E-state index in [-0.39, 0.29) is 11.3 Å². The van der Waals surface area contributed by atoms with Crippen LogP contribution in [0.25, 0.3) is 17.2 Å². The Morgan fingerprint density at radius 1 is 1.03 bits per heavy atom. The number of unbranched alkanes of at least 4 members (excludes halogenated alkanes) is 1. The molecule has 0 fully saturated rings. The van der Waals surface area contributed by atoms with Gasteiger partial charge in [0.1, 0.15) is 11.6 Å². The Morgan fingerprint density at radius 2 is 1.78 bits per heavy atom. The smallest absolute Gasteiger partial charge is 0.308 e. The molecular weight excluding hydrogens is 406 g/mol. The van der Waals surface area contributed by atoms with Gasteiger partial charge < -0.3 is 10.1 Å². The summed E-state index contributed by atoms with van der Waals surface area (Å²) >= 11 is 0. The lowest BCUT2D eigenvalue weighted by atomic mass is 10.2. The number of hydrogen-bond donors (Lipinski definition) is 1. The summed E-state index contributed by atoms with van der Waals surface area (Å²) in [4.78, 5) is 33.7. The maximum absolute atomic E-state index is 13.1. The highest BCUT2D eigenvalue weighted by Crippen LogP contribution is 2.22. The molecule has 8 heteroatoms. The summed E-state index contributed by atoms with van der Waals surface area (Å²) in [5, 5.41) is 7.45. The number of carbonyl (C=O) groups excluding carboxylic acids is 2. The zero-order valence-corrected chi connectivity index (χ0v) is 17.9. The van der Waals surface area contributed by atoms with E-state index in [2.05, 4.69) is 27.3 Å². The molecule has 0 aliphatic carbocycles. The highest BCUT2D eigenvalue weighted by molar-refractivity contribution is 6.06. The molecule has 8 nitrogen and oxygen atoms in total. The Bertz CT molecular complexity index is 1270. The van der Waals surface area contributed by atoms with Gasteiger partial charge >= 0.3 is 5.97 Å². The first-order valence-electron chi connectivity index (χ1n) is 10.5. The molecule has 0 atom stereocenters. The lowest BCUT2D eigenvalue weighted by molar-refractivity contribution is -0.131. The van der Waals surface area contributed by atoms with Crippen molar-refractivity contribution in [1.29, 1.82) is 0 Å². The first-order chi connectivity index (χ1) is 15.5. The van der Waals surface area contributed by atoms with E-state index in [1.54, 1.807) is 30.3 Å². The second-order valence-electron chi connectivity index (χ2n) is 7.29. The fraction of sp³-hybridized carbons (Fsp3) is 0.208. The van der Waals surface area contributed by atoms with Gasteiger partial charge in [0.05, 0.1) is 5.56 Å². The molecule has 0 saturated carbocycles. The number of anilines is 1. The van der Waals surface area contributed by atoms with Crippen molar-refractivity contribution >= 4 is 23.5 Å². The average Bonchev–Trinajstić information content (AvgIpc) is 3.23. The molecule has 0 saturated heterocycles. The van der Waals surface area contributed by atoms with Gasteiger partial charge in [-0.15, -0.1) is 5.10 Å². The predicted octanol–water partition coefficient (Wildman–Crippen LogP) is 4.31. The number of rotatable bonds is 7. The Kier molecular flexibility index (Phi) is 6.21. The molecule has 0 spiro atoms. The second-order valence-corrected chi connectivity index (χ2v) is 7.29. The largest absolute Gasteiger partial charge is 0.426 e. The third-order valence-corrected chi connectivity index (χ3v) is 4.81. The van der Waals surface area contributed by atoms with Crippen molar-refractivity contribution in [3.8, 4) is 17.1 Å². The summed E-state index contributed by atoms with van der Waals surface area (Å²) in [7, 11) is 0. The summed E-state index contributed by atoms with van der Waals surface area (Å²) < 4.78 is 6.70. The third kappa shape index (κ3) is 4.64. The Balaban J connectivity index is 1.74. The number of aryl methyl sites for hydroxylation is 1. The molecule has 2 heterocycles. The fourth-order valence-corrected chi connectivity index (χ4v) is 3.28. The minimum atomic E-state index is -0.498. The standard InChI is InChI=1S/C24H23N5O3/c1-3-4-12-18-15-21(26-23(31)19-13-8-9-14-20(19)32-16(2)30)29-24(25-18)27-22(28-29)17-10-6-5-7-11-17/h5-11,13-15H,3-4,12H2,1-2H3,(H,26,31). The highest BCUT2D eigenvalue weighted by atomic mass is 16.5. The third-order valence-electron chi connectivity index (χ3n) is 4.81. The van der Waals surface area contributed by atoms with Crippen LogP contribution in [0.3, 0.4) is 0 Å². The molecule has 0 aliphatic rings. The number of ether oxygens (including phenoxy) is 1. The lowest BCUT2D eigenvalue weighted by Crippen LogP contribution is -2.17. The molecule has 4 aromatic rings. The summed E-state index contributed by atoms with van der Waals surface area (Å²) in [6, 6.07) is 18.0. The topological polar surface area (TPSA) is 98.5 Å². The minimum absolute atomic E-state index is 0.192. The van der Waals surface area contributed by atoms with E-state index in [4.69, 9.17) is 4.74 Å². The number of benzene rings is 2. The van der Waals surface area contributed by atoms with Gasteiger partial charge in [0, 0.05) is 24.2 Å². The molecule has 0 unspecified atom stereocenters. The van der Waals surface area contributed by atoms with Gasteiger partial charge in [-0.05, 0) is 25.0 Å². The van der Waals surface area contributed by atoms with Crippen molar-refractivity contribution in [2.24, 2.45) is 0 Å². The average molecular weight is 429 g/mol. The Hall–Kier alpha value is -4.07. The van der Waals surface area contributed by atoms with E-state index in [0.29, 0.717) is 17.4 Å². The van der Waals surface area contributed by atoms with E-state index in [1.165, 1.54) is 11.4 Å². The number of hydrogen-bond acceptors (Lipinski definition) is 6. The van der Waals surface area contributed by atoms with Gasteiger partial charge in [-0.1, -0.05) is 55.8 Å². The molecule has 0 aliphatic heterocycles. The Labute approximate surface area is 185 Å². The number of esters is 1. The number of aromatic nitrogens is 4. The number of nitrogens with one attached hydrogen (secondary N) is 1. The molecule has 2 aromatic heterocycles. The normalized spacial score (nSPS) is 10.8. The SMILES string of the molecule is CCCCc1cc(NC(=O)c2ccccc2OC(C)=O)n2nc(-c3ccccc3)nc2n1. The van der Waals surface area contributed by atoms with Crippen LogP contribution in [-0.4, -0.2) is 31.5 Å². The van der Waals surface area contributed by atoms with Crippen LogP contribution >= 0.6 is 0 Å². The van der Waals surface area contributed by atoms with Crippen molar-refractivity contribution in [2.75, 3.05) is 5.32 Å². The van der Waals surface area contributed by atoms with Gasteiger partial charge in [-0.2, -0.15) is 9.50 Å². The first-order valence-corrected chi connectivity index (χ1v) is 10.5. The fourth-order valence-electron chi connectivity index (χ4n) is 3.28. The molecular formula is C24H23N5O3. The minimum Gasteiger partial charge on any atom is -0.426 e. The van der Waals surface area contributed by atoms with Gasteiger partial charge in [0.15, 0.2) is 5.82 Å². The number of carbonyl (C=O) groups is 2. The van der Waals surface area contributed by atoms with Crippen LogP contribution < -0.4 is 10.1 Å². The quantitative estimate of drug-likeness (QED) is 0.347. The van der Waals surface area contributed by atoms with E-state index < -0.39 is 11.9 Å². The van der Waals surface area contributed by atoms with E-state index in [0.717, 1.165) is 30.5 Å². The van der Waals surface area contributed by atoms with Crippen molar-refractivity contribution in [3.05, 3.63) is 71.9 Å². The van der Waals surface area contributed by atoms with E-state index in [1.807, 2.05) is 30.3 Å². The second kappa shape index (κ2) is 9.38. The van der Waals surface area contributed by atoms with Crippen LogP contribution in [0.15, 0.2) is 60.7 Å². The zero-order valence-electron chi connectivity index (χ0n) is 17.9. The molecule has 2 aromatic carbocycles. The molecule has 4 rings (SSSR count). The van der Waals surface area contributed by atoms with Gasteiger partial charge in [-0.25, -0.2) is 4.98 Å². The summed E-state index contributed by atoms with van der Waals surface area (Å²) in [6.45, 7) is 3.40. The van der Waals surface area contributed by atoms with Gasteiger partial charge in [0.2, 0.25) is 0 Å². The van der Waals surface area contributed by atoms with E-state index >= 15 is 0 Å². The summed E-state index contributed by atoms with van der Waals surface area (Å²) in [5.41, 5.74) is 1.91.